The summed E-state index contributed by atoms with van der Waals surface area (Å²) in [4.78, 5) is 0. The zero-order valence-corrected chi connectivity index (χ0v) is 19.2. The smallest absolute Gasteiger partial charge is 0.289 e. The molecule has 1 atom stereocenters. The van der Waals surface area contributed by atoms with E-state index in [-0.39, 0.29) is 12.7 Å². The van der Waals surface area contributed by atoms with Gasteiger partial charge in [0, 0.05) is 28.4 Å². The summed E-state index contributed by atoms with van der Waals surface area (Å²) in [6.45, 7) is 2.47. The molecule has 2 aromatic carbocycles. The summed E-state index contributed by atoms with van der Waals surface area (Å²) in [6.07, 6.45) is 8.33. The second-order valence-electron chi connectivity index (χ2n) is 7.61. The van der Waals surface area contributed by atoms with E-state index < -0.39 is 5.97 Å². The van der Waals surface area contributed by atoms with Crippen LogP contribution in [0.25, 0.3) is 10.8 Å². The van der Waals surface area contributed by atoms with Gasteiger partial charge in [-0.05, 0) is 34.9 Å². The summed E-state index contributed by atoms with van der Waals surface area (Å²) in [5, 5.41) is 2.25. The molecule has 0 radical (unpaired) electrons. The van der Waals surface area contributed by atoms with Crippen LogP contribution in [0.2, 0.25) is 0 Å². The molecule has 0 saturated carbocycles. The van der Waals surface area contributed by atoms with Gasteiger partial charge in [0.1, 0.15) is 5.75 Å². The number of benzene rings is 2. The Hall–Kier alpha value is -1.66. The van der Waals surface area contributed by atoms with E-state index in [9.17, 15) is 0 Å². The molecule has 0 amide bonds. The van der Waals surface area contributed by atoms with Crippen LogP contribution in [0.15, 0.2) is 36.4 Å². The van der Waals surface area contributed by atoms with Crippen LogP contribution in [0, 0.1) is 0 Å². The maximum Gasteiger partial charge on any atom is 0.289 e. The predicted octanol–water partition coefficient (Wildman–Crippen LogP) is 6.25. The molecule has 0 aliphatic rings. The van der Waals surface area contributed by atoms with Crippen molar-refractivity contribution in [3.05, 3.63) is 42.0 Å². The summed E-state index contributed by atoms with van der Waals surface area (Å²) in [6, 6.07) is 12.4. The van der Waals surface area contributed by atoms with E-state index in [0.29, 0.717) is 0 Å². The van der Waals surface area contributed by atoms with Crippen molar-refractivity contribution >= 4 is 10.8 Å². The number of hydrogen-bond donors (Lipinski definition) is 0. The average Bonchev–Trinajstić information content (AvgIpc) is 2.79. The first-order valence-electron chi connectivity index (χ1n) is 11.0. The zero-order chi connectivity index (χ0) is 21.8. The minimum Gasteiger partial charge on any atom is -0.468 e. The summed E-state index contributed by atoms with van der Waals surface area (Å²) in [7, 11) is 6.54. The molecule has 0 spiro atoms. The zero-order valence-electron chi connectivity index (χ0n) is 19.2. The SMILES string of the molecule is CCCCCCCCC(c1cccc2cc(OCOC)ccc12)C(OC)(OC)OC. The van der Waals surface area contributed by atoms with Gasteiger partial charge >= 0.3 is 0 Å². The lowest BCUT2D eigenvalue weighted by molar-refractivity contribution is -0.365. The van der Waals surface area contributed by atoms with Crippen LogP contribution < -0.4 is 4.74 Å². The largest absolute Gasteiger partial charge is 0.468 e. The van der Waals surface area contributed by atoms with Crippen LogP contribution in [0.4, 0.5) is 0 Å². The summed E-state index contributed by atoms with van der Waals surface area (Å²) in [5.41, 5.74) is 1.16. The van der Waals surface area contributed by atoms with Gasteiger partial charge in [0.05, 0.1) is 5.92 Å². The van der Waals surface area contributed by atoms with E-state index in [1.54, 1.807) is 28.4 Å². The lowest BCUT2D eigenvalue weighted by atomic mass is 9.87. The van der Waals surface area contributed by atoms with Crippen molar-refractivity contribution in [3.63, 3.8) is 0 Å². The minimum absolute atomic E-state index is 0.0573. The van der Waals surface area contributed by atoms with Crippen molar-refractivity contribution < 1.29 is 23.7 Å². The molecule has 5 nitrogen and oxygen atoms in total. The van der Waals surface area contributed by atoms with Gasteiger partial charge in [-0.15, -0.1) is 0 Å². The maximum absolute atomic E-state index is 5.79. The van der Waals surface area contributed by atoms with Gasteiger partial charge in [-0.3, -0.25) is 0 Å². The predicted molar refractivity (Wildman–Crippen MR) is 121 cm³/mol. The van der Waals surface area contributed by atoms with Gasteiger partial charge in [-0.2, -0.15) is 0 Å². The number of ether oxygens (including phenoxy) is 5. The van der Waals surface area contributed by atoms with Crippen LogP contribution in [0.3, 0.4) is 0 Å². The number of hydrogen-bond acceptors (Lipinski definition) is 5. The maximum atomic E-state index is 5.79. The van der Waals surface area contributed by atoms with Gasteiger partial charge in [0.2, 0.25) is 0 Å². The highest BCUT2D eigenvalue weighted by atomic mass is 16.9. The Labute approximate surface area is 181 Å². The minimum atomic E-state index is -1.12. The van der Waals surface area contributed by atoms with E-state index >= 15 is 0 Å². The number of unbranched alkanes of at least 4 members (excludes halogenated alkanes) is 5. The molecule has 0 bridgehead atoms. The molecule has 0 saturated heterocycles. The van der Waals surface area contributed by atoms with Crippen LogP contribution in [0.1, 0.15) is 63.4 Å². The van der Waals surface area contributed by atoms with Gasteiger partial charge in [0.15, 0.2) is 6.79 Å². The van der Waals surface area contributed by atoms with Gasteiger partial charge < -0.3 is 23.7 Å². The number of rotatable bonds is 15. The molecule has 0 aromatic heterocycles. The van der Waals surface area contributed by atoms with Gasteiger partial charge in [-0.1, -0.05) is 69.7 Å². The Kier molecular flexibility index (Phi) is 10.6. The molecule has 5 heteroatoms. The van der Waals surface area contributed by atoms with Gasteiger partial charge in [-0.25, -0.2) is 0 Å². The Morgan fingerprint density at radius 3 is 2.20 bits per heavy atom. The van der Waals surface area contributed by atoms with Crippen molar-refractivity contribution in [1.82, 2.24) is 0 Å². The molecule has 0 fully saturated rings. The third kappa shape index (κ3) is 6.17. The van der Waals surface area contributed by atoms with Crippen molar-refractivity contribution in [2.75, 3.05) is 35.2 Å². The molecule has 2 rings (SSSR count). The lowest BCUT2D eigenvalue weighted by Crippen LogP contribution is -2.42. The Morgan fingerprint density at radius 1 is 0.833 bits per heavy atom. The first-order valence-corrected chi connectivity index (χ1v) is 11.0. The summed E-state index contributed by atoms with van der Waals surface area (Å²) in [5.74, 6) is -0.397. The molecule has 0 aliphatic carbocycles. The normalized spacial score (nSPS) is 13.0. The standard InChI is InChI=1S/C25H38O5/c1-6-7-8-9-10-11-15-24(25(27-3,28-4)29-5)23-14-12-13-20-18-21(30-19-26-2)16-17-22(20)23/h12-14,16-18,24H,6-11,15,19H2,1-5H3. The topological polar surface area (TPSA) is 46.2 Å². The second-order valence-corrected chi connectivity index (χ2v) is 7.61. The third-order valence-electron chi connectivity index (χ3n) is 5.73. The van der Waals surface area contributed by atoms with E-state index in [4.69, 9.17) is 23.7 Å². The molecule has 2 aromatic rings. The molecule has 0 heterocycles. The lowest BCUT2D eigenvalue weighted by Gasteiger charge is -2.37. The third-order valence-corrected chi connectivity index (χ3v) is 5.73. The second kappa shape index (κ2) is 12.9. The molecule has 168 valence electrons. The van der Waals surface area contributed by atoms with Crippen molar-refractivity contribution in [2.24, 2.45) is 0 Å². The highest BCUT2D eigenvalue weighted by molar-refractivity contribution is 5.87. The molecule has 0 aliphatic heterocycles. The first-order chi connectivity index (χ1) is 14.7. The van der Waals surface area contributed by atoms with E-state index in [2.05, 4.69) is 31.2 Å². The molecular weight excluding hydrogens is 380 g/mol. The van der Waals surface area contributed by atoms with Crippen molar-refractivity contribution in [2.45, 2.75) is 63.8 Å². The van der Waals surface area contributed by atoms with Crippen molar-refractivity contribution in [3.8, 4) is 5.75 Å². The average molecular weight is 419 g/mol. The molecule has 30 heavy (non-hydrogen) atoms. The highest BCUT2D eigenvalue weighted by Gasteiger charge is 2.41. The fraction of sp³-hybridized carbons (Fsp3) is 0.600. The highest BCUT2D eigenvalue weighted by Crippen LogP contribution is 2.40. The molecular formula is C25H38O5. The Morgan fingerprint density at radius 2 is 1.53 bits per heavy atom. The van der Waals surface area contributed by atoms with Crippen molar-refractivity contribution in [1.29, 1.82) is 0 Å². The monoisotopic (exact) mass is 418 g/mol. The fourth-order valence-electron chi connectivity index (χ4n) is 4.14. The summed E-state index contributed by atoms with van der Waals surface area (Å²) >= 11 is 0. The summed E-state index contributed by atoms with van der Waals surface area (Å²) < 4.78 is 28.0. The van der Waals surface area contributed by atoms with Crippen LogP contribution in [-0.2, 0) is 18.9 Å². The Bertz CT molecular complexity index is 733. The molecule has 0 N–H and O–H groups in total. The number of fused-ring (bicyclic) bond motifs is 1. The van der Waals surface area contributed by atoms with E-state index in [0.717, 1.165) is 34.9 Å². The van der Waals surface area contributed by atoms with E-state index in [1.807, 2.05) is 12.1 Å². The molecule has 1 unspecified atom stereocenters. The van der Waals surface area contributed by atoms with Crippen LogP contribution >= 0.6 is 0 Å². The van der Waals surface area contributed by atoms with Gasteiger partial charge in [0.25, 0.3) is 5.97 Å². The first kappa shape index (κ1) is 24.6. The Balaban J connectivity index is 2.33. The van der Waals surface area contributed by atoms with Crippen LogP contribution in [0.5, 0.6) is 5.75 Å². The fourth-order valence-corrected chi connectivity index (χ4v) is 4.14. The van der Waals surface area contributed by atoms with E-state index in [1.165, 1.54) is 32.1 Å². The number of methoxy groups -OCH3 is 4. The van der Waals surface area contributed by atoms with Crippen LogP contribution in [-0.4, -0.2) is 41.2 Å². The quantitative estimate of drug-likeness (QED) is 0.253.